The van der Waals surface area contributed by atoms with Crippen LogP contribution in [0.2, 0.25) is 0 Å². The van der Waals surface area contributed by atoms with E-state index in [-0.39, 0.29) is 6.61 Å². The first-order valence-electron chi connectivity index (χ1n) is 11.1. The quantitative estimate of drug-likeness (QED) is 0.260. The zero-order valence-electron chi connectivity index (χ0n) is 18.8. The molecule has 4 aromatic rings. The first-order chi connectivity index (χ1) is 16.4. The molecule has 1 aromatic carbocycles. The topological polar surface area (TPSA) is 136 Å². The van der Waals surface area contributed by atoms with Crippen molar-refractivity contribution in [2.45, 2.75) is 45.1 Å². The van der Waals surface area contributed by atoms with Gasteiger partial charge in [0.25, 0.3) is 0 Å². The summed E-state index contributed by atoms with van der Waals surface area (Å²) in [5.41, 5.74) is 2.39. The fourth-order valence-electron chi connectivity index (χ4n) is 4.25. The van der Waals surface area contributed by atoms with E-state index in [0.29, 0.717) is 24.7 Å². The van der Waals surface area contributed by atoms with E-state index >= 15 is 0 Å². The lowest BCUT2D eigenvalue weighted by molar-refractivity contribution is 0.00446. The Hall–Kier alpha value is -2.70. The monoisotopic (exact) mass is 498 g/mol. The highest BCUT2D eigenvalue weighted by Crippen LogP contribution is 2.38. The van der Waals surface area contributed by atoms with Crippen LogP contribution in [0.4, 0.5) is 11.8 Å². The number of thiazole rings is 2. The van der Waals surface area contributed by atoms with Crippen LogP contribution in [0.5, 0.6) is 0 Å². The number of anilines is 2. The molecular formula is C23H26N6O3S2. The number of rotatable bonds is 7. The minimum Gasteiger partial charge on any atom is -0.396 e. The predicted octanol–water partition coefficient (Wildman–Crippen LogP) is 2.95. The van der Waals surface area contributed by atoms with Gasteiger partial charge in [-0.05, 0) is 32.4 Å². The summed E-state index contributed by atoms with van der Waals surface area (Å²) in [4.78, 5) is 19.7. The Morgan fingerprint density at radius 3 is 2.59 bits per heavy atom. The maximum Gasteiger partial charge on any atom is 0.225 e. The maximum absolute atomic E-state index is 10.6. The molecule has 5 N–H and O–H groups in total. The molecule has 1 aliphatic rings. The second-order valence-corrected chi connectivity index (χ2v) is 10.8. The molecule has 1 unspecified atom stereocenters. The molecule has 0 aliphatic heterocycles. The Bertz CT molecular complexity index is 1280. The fraction of sp³-hybridized carbons (Fsp3) is 0.391. The van der Waals surface area contributed by atoms with Gasteiger partial charge in [-0.25, -0.2) is 15.0 Å². The summed E-state index contributed by atoms with van der Waals surface area (Å²) in [6.45, 7) is 4.22. The summed E-state index contributed by atoms with van der Waals surface area (Å²) in [5.74, 6) is 0.566. The van der Waals surface area contributed by atoms with Crippen molar-refractivity contribution in [3.05, 3.63) is 46.0 Å². The third-order valence-corrected chi connectivity index (χ3v) is 7.99. The Labute approximate surface area is 204 Å². The molecule has 1 saturated carbocycles. The fourth-order valence-corrected chi connectivity index (χ4v) is 6.04. The number of aryl methyl sites for hydroxylation is 2. The van der Waals surface area contributed by atoms with Crippen molar-refractivity contribution in [3.8, 4) is 10.6 Å². The first-order valence-corrected chi connectivity index (χ1v) is 12.7. The molecule has 0 radical (unpaired) electrons. The zero-order chi connectivity index (χ0) is 23.8. The van der Waals surface area contributed by atoms with E-state index in [1.807, 2.05) is 44.3 Å². The summed E-state index contributed by atoms with van der Waals surface area (Å²) in [6, 6.07) is 7.45. The summed E-state index contributed by atoms with van der Waals surface area (Å²) in [5, 5.41) is 38.7. The number of hydrogen-bond donors (Lipinski definition) is 5. The molecule has 0 amide bonds. The molecule has 9 nitrogen and oxygen atoms in total. The smallest absolute Gasteiger partial charge is 0.225 e. The third-order valence-electron chi connectivity index (χ3n) is 6.02. The molecular weight excluding hydrogens is 472 g/mol. The number of benzene rings is 1. The molecule has 0 saturated heterocycles. The van der Waals surface area contributed by atoms with Gasteiger partial charge >= 0.3 is 0 Å². The highest BCUT2D eigenvalue weighted by atomic mass is 32.1. The van der Waals surface area contributed by atoms with Crippen LogP contribution in [0.15, 0.2) is 30.5 Å². The van der Waals surface area contributed by atoms with E-state index in [1.165, 1.54) is 0 Å². The van der Waals surface area contributed by atoms with Gasteiger partial charge in [-0.1, -0.05) is 12.1 Å². The van der Waals surface area contributed by atoms with Crippen molar-refractivity contribution in [3.63, 3.8) is 0 Å². The third kappa shape index (κ3) is 4.49. The lowest BCUT2D eigenvalue weighted by Gasteiger charge is -2.21. The normalized spacial score (nSPS) is 22.4. The van der Waals surface area contributed by atoms with Crippen molar-refractivity contribution in [2.75, 3.05) is 17.2 Å². The Morgan fingerprint density at radius 2 is 1.88 bits per heavy atom. The van der Waals surface area contributed by atoms with Crippen molar-refractivity contribution < 1.29 is 15.3 Å². The average Bonchev–Trinajstić information content (AvgIpc) is 3.51. The van der Waals surface area contributed by atoms with Crippen LogP contribution in [0.25, 0.3) is 20.8 Å². The Morgan fingerprint density at radius 1 is 1.06 bits per heavy atom. The van der Waals surface area contributed by atoms with E-state index in [2.05, 4.69) is 20.6 Å². The van der Waals surface area contributed by atoms with Gasteiger partial charge in [0.1, 0.15) is 21.9 Å². The van der Waals surface area contributed by atoms with E-state index in [4.69, 9.17) is 9.97 Å². The van der Waals surface area contributed by atoms with Crippen LogP contribution >= 0.6 is 22.7 Å². The van der Waals surface area contributed by atoms with Crippen LogP contribution in [-0.2, 0) is 6.54 Å². The SMILES string of the molecule is Cc1cnc(CNc2nc(C)c(-c3nc4ccccc4s3)c(NC3C[C@H](CO)[C@@H](O)[C@H]3O)n2)s1. The molecule has 4 atom stereocenters. The molecule has 3 heterocycles. The molecule has 0 spiro atoms. The minimum absolute atomic E-state index is 0.191. The average molecular weight is 499 g/mol. The van der Waals surface area contributed by atoms with Gasteiger partial charge < -0.3 is 26.0 Å². The van der Waals surface area contributed by atoms with Crippen LogP contribution in [0.1, 0.15) is 22.0 Å². The van der Waals surface area contributed by atoms with Gasteiger partial charge in [-0.15, -0.1) is 22.7 Å². The summed E-state index contributed by atoms with van der Waals surface area (Å²) in [7, 11) is 0. The van der Waals surface area contributed by atoms with E-state index in [9.17, 15) is 15.3 Å². The van der Waals surface area contributed by atoms with Crippen molar-refractivity contribution in [1.82, 2.24) is 19.9 Å². The molecule has 11 heteroatoms. The molecule has 5 rings (SSSR count). The number of nitrogens with zero attached hydrogens (tertiary/aromatic N) is 4. The minimum atomic E-state index is -1.02. The number of nitrogens with one attached hydrogen (secondary N) is 2. The Balaban J connectivity index is 1.51. The van der Waals surface area contributed by atoms with Crippen molar-refractivity contribution >= 4 is 44.7 Å². The van der Waals surface area contributed by atoms with E-state index in [0.717, 1.165) is 36.4 Å². The number of aliphatic hydroxyl groups excluding tert-OH is 3. The summed E-state index contributed by atoms with van der Waals surface area (Å²) < 4.78 is 1.06. The first kappa shape index (κ1) is 23.1. The molecule has 3 aromatic heterocycles. The van der Waals surface area contributed by atoms with Crippen LogP contribution in [-0.4, -0.2) is 60.1 Å². The molecule has 1 fully saturated rings. The predicted molar refractivity (Wildman–Crippen MR) is 134 cm³/mol. The number of hydrogen-bond acceptors (Lipinski definition) is 11. The molecule has 34 heavy (non-hydrogen) atoms. The van der Waals surface area contributed by atoms with Gasteiger partial charge in [0.05, 0.1) is 40.2 Å². The van der Waals surface area contributed by atoms with E-state index in [1.54, 1.807) is 22.7 Å². The summed E-state index contributed by atoms with van der Waals surface area (Å²) >= 11 is 3.16. The van der Waals surface area contributed by atoms with Gasteiger partial charge in [-0.2, -0.15) is 4.98 Å². The highest BCUT2D eigenvalue weighted by Gasteiger charge is 2.41. The standard InChI is InChI=1S/C23H26N6O3S2/c1-11-8-24-17(33-11)9-25-23-26-12(2)18(22-28-14-5-3-4-6-16(14)34-22)21(29-23)27-15-7-13(10-30)19(31)20(15)32/h3-6,8,13,15,19-20,30-32H,7,9-10H2,1-2H3,(H2,25,26,27,29)/t13-,15?,19-,20+/m1/s1. The molecule has 0 bridgehead atoms. The Kier molecular flexibility index (Phi) is 6.45. The number of aromatic nitrogens is 4. The highest BCUT2D eigenvalue weighted by molar-refractivity contribution is 7.21. The van der Waals surface area contributed by atoms with Gasteiger partial charge in [0, 0.05) is 23.6 Å². The van der Waals surface area contributed by atoms with E-state index < -0.39 is 24.2 Å². The van der Waals surface area contributed by atoms with Gasteiger partial charge in [0.15, 0.2) is 0 Å². The number of fused-ring (bicyclic) bond motifs is 1. The summed E-state index contributed by atoms with van der Waals surface area (Å²) in [6.07, 6.45) is 0.233. The van der Waals surface area contributed by atoms with Gasteiger partial charge in [0.2, 0.25) is 5.95 Å². The lowest BCUT2D eigenvalue weighted by atomic mass is 10.1. The number of aliphatic hydroxyl groups is 3. The largest absolute Gasteiger partial charge is 0.396 e. The zero-order valence-corrected chi connectivity index (χ0v) is 20.4. The second kappa shape index (κ2) is 9.51. The molecule has 178 valence electrons. The second-order valence-electron chi connectivity index (χ2n) is 8.47. The number of para-hydroxylation sites is 1. The van der Waals surface area contributed by atoms with Crippen molar-refractivity contribution in [2.24, 2.45) is 5.92 Å². The van der Waals surface area contributed by atoms with Crippen LogP contribution in [0, 0.1) is 19.8 Å². The van der Waals surface area contributed by atoms with Crippen LogP contribution < -0.4 is 10.6 Å². The molecule has 1 aliphatic carbocycles. The van der Waals surface area contributed by atoms with Gasteiger partial charge in [-0.3, -0.25) is 0 Å². The maximum atomic E-state index is 10.6. The lowest BCUT2D eigenvalue weighted by Crippen LogP contribution is -2.35. The van der Waals surface area contributed by atoms with Crippen molar-refractivity contribution in [1.29, 1.82) is 0 Å². The van der Waals surface area contributed by atoms with Crippen LogP contribution in [0.3, 0.4) is 0 Å².